The number of nitrogens with zero attached hydrogens (tertiary/aromatic N) is 2. The van der Waals surface area contributed by atoms with E-state index >= 15 is 0 Å². The van der Waals surface area contributed by atoms with E-state index in [4.69, 9.17) is 8.75 Å². The van der Waals surface area contributed by atoms with Gasteiger partial charge in [-0.3, -0.25) is 0 Å². The summed E-state index contributed by atoms with van der Waals surface area (Å²) in [5, 5.41) is 1.15. The van der Waals surface area contributed by atoms with Gasteiger partial charge in [-0.1, -0.05) is 109 Å². The molecule has 260 valence electrons. The summed E-state index contributed by atoms with van der Waals surface area (Å²) in [6.45, 7) is 4.58. The fourth-order valence-electron chi connectivity index (χ4n) is 6.71. The minimum Gasteiger partial charge on any atom is -0.173 e. The van der Waals surface area contributed by atoms with Gasteiger partial charge in [0.2, 0.25) is 0 Å². The molecule has 0 N–H and O–H groups in total. The summed E-state index contributed by atoms with van der Waals surface area (Å²) in [7, 11) is 0. The highest BCUT2D eigenvalue weighted by Crippen LogP contribution is 2.47. The second-order valence-electron chi connectivity index (χ2n) is 13.4. The lowest BCUT2D eigenvalue weighted by Gasteiger charge is -2.11. The number of aromatic nitrogens is 2. The number of aryl methyl sites for hydroxylation is 1. The average Bonchev–Trinajstić information content (AvgIpc) is 3.97. The maximum atomic E-state index is 4.82. The lowest BCUT2D eigenvalue weighted by atomic mass is 10.0. The topological polar surface area (TPSA) is 25.8 Å². The molecule has 0 amide bonds. The second kappa shape index (κ2) is 19.6. The molecule has 7 heteroatoms. The minimum atomic E-state index is 0.385. The van der Waals surface area contributed by atoms with E-state index in [2.05, 4.69) is 98.5 Å². The third-order valence-electron chi connectivity index (χ3n) is 9.54. The lowest BCUT2D eigenvalue weighted by Crippen LogP contribution is -1.96. The van der Waals surface area contributed by atoms with Gasteiger partial charge in [-0.15, -0.1) is 46.2 Å². The second-order valence-corrected chi connectivity index (χ2v) is 18.9. The van der Waals surface area contributed by atoms with Crippen molar-refractivity contribution in [2.24, 2.45) is 0 Å². The van der Waals surface area contributed by atoms with Crippen LogP contribution in [-0.4, -0.2) is 14.0 Å². The van der Waals surface area contributed by atoms with E-state index in [1.807, 2.05) is 34.4 Å². The molecule has 3 aromatic heterocycles. The number of rotatable bonds is 20. The molecule has 1 aromatic carbocycles. The number of thiophene rings is 2. The summed E-state index contributed by atoms with van der Waals surface area (Å²) in [4.78, 5) is 8.23. The van der Waals surface area contributed by atoms with Crippen molar-refractivity contribution >= 4 is 81.1 Å². The van der Waals surface area contributed by atoms with E-state index < -0.39 is 0 Å². The van der Waals surface area contributed by atoms with E-state index in [0.717, 1.165) is 22.7 Å². The number of hydrogen-bond acceptors (Lipinski definition) is 7. The Morgan fingerprint density at radius 1 is 0.633 bits per heavy atom. The Hall–Kier alpha value is -1.90. The molecule has 49 heavy (non-hydrogen) atoms. The summed E-state index contributed by atoms with van der Waals surface area (Å²) in [6, 6.07) is 13.7. The normalized spacial score (nSPS) is 18.1. The van der Waals surface area contributed by atoms with Crippen LogP contribution in [0.4, 0.5) is 0 Å². The molecule has 2 unspecified atom stereocenters. The molecule has 2 atom stereocenters. The van der Waals surface area contributed by atoms with Crippen LogP contribution < -0.4 is 0 Å². The van der Waals surface area contributed by atoms with Gasteiger partial charge in [0.05, 0.1) is 11.7 Å². The number of benzene rings is 1. The molecular weight excluding hydrogens is 693 g/mol. The molecule has 5 heterocycles. The Morgan fingerprint density at radius 2 is 1.31 bits per heavy atom. The van der Waals surface area contributed by atoms with Gasteiger partial charge in [0.25, 0.3) is 0 Å². The first-order chi connectivity index (χ1) is 24.2. The van der Waals surface area contributed by atoms with Gasteiger partial charge >= 0.3 is 0 Å². The molecule has 0 fully saturated rings. The lowest BCUT2D eigenvalue weighted by molar-refractivity contribution is 0.583. The van der Waals surface area contributed by atoms with Gasteiger partial charge in [-0.2, -0.15) is 8.75 Å². The number of hydrogen-bond donors (Lipinski definition) is 0. The van der Waals surface area contributed by atoms with Crippen molar-refractivity contribution < 1.29 is 0 Å². The van der Waals surface area contributed by atoms with Crippen molar-refractivity contribution in [2.75, 3.05) is 0 Å². The van der Waals surface area contributed by atoms with Crippen molar-refractivity contribution in [3.05, 3.63) is 90.7 Å². The van der Waals surface area contributed by atoms with Crippen LogP contribution in [0.2, 0.25) is 0 Å². The van der Waals surface area contributed by atoms with Crippen molar-refractivity contribution in [1.29, 1.82) is 0 Å². The molecule has 2 nitrogen and oxygen atoms in total. The summed E-state index contributed by atoms with van der Waals surface area (Å²) >= 11 is 9.19. The first-order valence-corrected chi connectivity index (χ1v) is 22.9. The van der Waals surface area contributed by atoms with Gasteiger partial charge in [0.15, 0.2) is 0 Å². The van der Waals surface area contributed by atoms with Gasteiger partial charge in [-0.25, -0.2) is 0 Å². The highest BCUT2D eigenvalue weighted by atomic mass is 32.2. The molecular formula is C42H52N2S5. The van der Waals surface area contributed by atoms with Gasteiger partial charge < -0.3 is 0 Å². The number of fused-ring (bicyclic) bond motifs is 1. The summed E-state index contributed by atoms with van der Waals surface area (Å²) in [6.07, 6.45) is 35.4. The fourth-order valence-corrected chi connectivity index (χ4v) is 11.6. The molecule has 0 radical (unpaired) electrons. The maximum absolute atomic E-state index is 4.82. The van der Waals surface area contributed by atoms with E-state index in [-0.39, 0.29) is 0 Å². The van der Waals surface area contributed by atoms with Crippen LogP contribution in [0, 0.1) is 0 Å². The predicted octanol–water partition coefficient (Wildman–Crippen LogP) is 15.3. The summed E-state index contributed by atoms with van der Waals surface area (Å²) in [5.74, 6) is 0. The van der Waals surface area contributed by atoms with Crippen molar-refractivity contribution in [3.8, 4) is 10.4 Å². The number of thioether (sulfide) groups is 2. The zero-order chi connectivity index (χ0) is 33.7. The zero-order valence-corrected chi connectivity index (χ0v) is 33.4. The standard InChI is InChI=1S/C42H52N2S5/c1-3-5-7-9-11-13-15-31-17-19-33(45-31)21-23-35-25-29-39(47-35)37-27-28-38(42-41(37)43-49-44-42)40-30-26-36(48-40)24-22-34-20-18-32(46-34)16-14-12-10-8-6-4-2/h17,19-28,30,32,39H,3-16,18,29H2,1-2H3/b23-21+,24-22+. The van der Waals surface area contributed by atoms with Gasteiger partial charge in [0.1, 0.15) is 11.0 Å². The molecule has 0 saturated carbocycles. The molecule has 2 aliphatic rings. The Morgan fingerprint density at radius 3 is 2.12 bits per heavy atom. The third kappa shape index (κ3) is 10.8. The monoisotopic (exact) mass is 744 g/mol. The van der Waals surface area contributed by atoms with Crippen LogP contribution in [0.5, 0.6) is 0 Å². The van der Waals surface area contributed by atoms with Crippen LogP contribution in [0.1, 0.15) is 136 Å². The van der Waals surface area contributed by atoms with Crippen LogP contribution >= 0.6 is 57.9 Å². The molecule has 0 bridgehead atoms. The van der Waals surface area contributed by atoms with Crippen LogP contribution in [0.3, 0.4) is 0 Å². The van der Waals surface area contributed by atoms with E-state index in [9.17, 15) is 0 Å². The molecule has 2 aliphatic heterocycles. The Labute approximate surface area is 316 Å². The molecule has 4 aromatic rings. The van der Waals surface area contributed by atoms with Gasteiger partial charge in [-0.05, 0) is 86.2 Å². The van der Waals surface area contributed by atoms with E-state index in [0.29, 0.717) is 5.25 Å². The Kier molecular flexibility index (Phi) is 14.8. The average molecular weight is 745 g/mol. The maximum Gasteiger partial charge on any atom is 0.113 e. The molecule has 0 saturated heterocycles. The Balaban J connectivity index is 0.995. The van der Waals surface area contributed by atoms with Gasteiger partial charge in [0, 0.05) is 45.4 Å². The first kappa shape index (κ1) is 36.9. The Bertz CT molecular complexity index is 1730. The first-order valence-electron chi connectivity index (χ1n) is 18.7. The third-order valence-corrected chi connectivity index (χ3v) is 14.9. The SMILES string of the molecule is CCCCCCCCc1ccc(/C=C/C2=CCC(c3ccc(-c4ccc(/C=C/C5=CCC(CCCCCCCC)S5)s4)c4nsnc34)S2)s1. The highest BCUT2D eigenvalue weighted by Gasteiger charge is 2.24. The van der Waals surface area contributed by atoms with Crippen molar-refractivity contribution in [1.82, 2.24) is 8.75 Å². The largest absolute Gasteiger partial charge is 0.173 e. The predicted molar refractivity (Wildman–Crippen MR) is 225 cm³/mol. The zero-order valence-electron chi connectivity index (χ0n) is 29.3. The number of allylic oxidation sites excluding steroid dienone is 4. The number of unbranched alkanes of at least 4 members (excludes halogenated alkanes) is 10. The van der Waals surface area contributed by atoms with Crippen LogP contribution in [-0.2, 0) is 6.42 Å². The molecule has 6 rings (SSSR count). The van der Waals surface area contributed by atoms with Crippen LogP contribution in [0.25, 0.3) is 33.6 Å². The smallest absolute Gasteiger partial charge is 0.113 e. The molecule has 0 spiro atoms. The van der Waals surface area contributed by atoms with E-state index in [1.54, 1.807) is 0 Å². The highest BCUT2D eigenvalue weighted by molar-refractivity contribution is 8.04. The van der Waals surface area contributed by atoms with Crippen molar-refractivity contribution in [3.63, 3.8) is 0 Å². The summed E-state index contributed by atoms with van der Waals surface area (Å²) < 4.78 is 9.62. The fraction of sp³-hybridized carbons (Fsp3) is 0.476. The quantitative estimate of drug-likeness (QED) is 0.0842. The minimum absolute atomic E-state index is 0.385. The van der Waals surface area contributed by atoms with Crippen LogP contribution in [0.15, 0.2) is 70.5 Å². The molecule has 0 aliphatic carbocycles. The van der Waals surface area contributed by atoms with Crippen molar-refractivity contribution in [2.45, 2.75) is 127 Å². The van der Waals surface area contributed by atoms with E-state index in [1.165, 1.54) is 148 Å². The summed E-state index contributed by atoms with van der Waals surface area (Å²) in [5.41, 5.74) is 4.64.